The summed E-state index contributed by atoms with van der Waals surface area (Å²) in [5.41, 5.74) is 0. The third kappa shape index (κ3) is 8.47. The third-order valence-corrected chi connectivity index (χ3v) is 6.85. The van der Waals surface area contributed by atoms with E-state index in [0.717, 1.165) is 57.8 Å². The average Bonchev–Trinajstić information content (AvgIpc) is 3.92. The number of fused-ring (bicyclic) bond motifs is 2. The van der Waals surface area contributed by atoms with Gasteiger partial charge in [-0.15, -0.1) is 0 Å². The molecule has 0 aliphatic carbocycles. The summed E-state index contributed by atoms with van der Waals surface area (Å²) in [5.74, 6) is 3.33. The van der Waals surface area contributed by atoms with E-state index in [1.807, 2.05) is 79.7 Å². The highest BCUT2D eigenvalue weighted by atomic mass is 16.6. The van der Waals surface area contributed by atoms with Crippen LogP contribution < -0.4 is 18.9 Å². The Balaban J connectivity index is 0.841. The predicted molar refractivity (Wildman–Crippen MR) is 156 cm³/mol. The Morgan fingerprint density at radius 2 is 1.00 bits per heavy atom. The molecule has 2 aliphatic rings. The molecule has 8 nitrogen and oxygen atoms in total. The first-order valence-electron chi connectivity index (χ1n) is 14.2. The van der Waals surface area contributed by atoms with E-state index in [1.54, 1.807) is 0 Å². The summed E-state index contributed by atoms with van der Waals surface area (Å²) in [4.78, 5) is 0. The SMILES string of the molecule is CC(COCCOc1ccc2cc(OCC3CO3)ccc2c1)OCCOc1ccc2cc(OCC3CO3)ccc2c1. The van der Waals surface area contributed by atoms with Gasteiger partial charge < -0.3 is 37.9 Å². The second kappa shape index (κ2) is 13.4. The van der Waals surface area contributed by atoms with Gasteiger partial charge in [-0.25, -0.2) is 0 Å². The predicted octanol–water partition coefficient (Wildman–Crippen LogP) is 5.43. The molecule has 4 aromatic rings. The summed E-state index contributed by atoms with van der Waals surface area (Å²) in [6.45, 7) is 7.16. The van der Waals surface area contributed by atoms with Crippen molar-refractivity contribution in [3.05, 3.63) is 72.8 Å². The third-order valence-electron chi connectivity index (χ3n) is 6.85. The van der Waals surface area contributed by atoms with Crippen molar-refractivity contribution in [3.63, 3.8) is 0 Å². The Kier molecular flexibility index (Phi) is 9.02. The van der Waals surface area contributed by atoms with Crippen LogP contribution in [-0.2, 0) is 18.9 Å². The van der Waals surface area contributed by atoms with Crippen molar-refractivity contribution in [3.8, 4) is 23.0 Å². The molecular formula is C33H36O8. The molecule has 2 aliphatic heterocycles. The molecule has 4 aromatic carbocycles. The monoisotopic (exact) mass is 560 g/mol. The molecule has 0 amide bonds. The van der Waals surface area contributed by atoms with Crippen LogP contribution in [-0.4, -0.2) is 77.8 Å². The minimum absolute atomic E-state index is 0.0433. The summed E-state index contributed by atoms with van der Waals surface area (Å²) in [5, 5.41) is 4.42. The first-order chi connectivity index (χ1) is 20.2. The molecule has 0 radical (unpaired) electrons. The zero-order chi connectivity index (χ0) is 27.9. The zero-order valence-corrected chi connectivity index (χ0v) is 23.3. The quantitative estimate of drug-likeness (QED) is 0.125. The van der Waals surface area contributed by atoms with Crippen LogP contribution in [0.3, 0.4) is 0 Å². The number of hydrogen-bond donors (Lipinski definition) is 0. The molecule has 3 unspecified atom stereocenters. The van der Waals surface area contributed by atoms with Gasteiger partial charge in [-0.2, -0.15) is 0 Å². The lowest BCUT2D eigenvalue weighted by Gasteiger charge is -2.15. The Morgan fingerprint density at radius 3 is 1.44 bits per heavy atom. The van der Waals surface area contributed by atoms with Crippen LogP contribution in [0.2, 0.25) is 0 Å². The Bertz CT molecular complexity index is 1430. The lowest BCUT2D eigenvalue weighted by Crippen LogP contribution is -2.21. The van der Waals surface area contributed by atoms with Gasteiger partial charge in [0, 0.05) is 0 Å². The van der Waals surface area contributed by atoms with Crippen LogP contribution in [0.5, 0.6) is 23.0 Å². The van der Waals surface area contributed by atoms with Crippen LogP contribution in [0.25, 0.3) is 21.5 Å². The molecule has 2 heterocycles. The van der Waals surface area contributed by atoms with Crippen LogP contribution in [0.15, 0.2) is 72.8 Å². The molecule has 0 bridgehead atoms. The first-order valence-corrected chi connectivity index (χ1v) is 14.2. The van der Waals surface area contributed by atoms with Crippen molar-refractivity contribution < 1.29 is 37.9 Å². The van der Waals surface area contributed by atoms with Crippen molar-refractivity contribution in [2.75, 3.05) is 59.5 Å². The molecule has 3 atom stereocenters. The normalized spacial score (nSPS) is 18.3. The lowest BCUT2D eigenvalue weighted by molar-refractivity contribution is -0.0207. The maximum Gasteiger partial charge on any atom is 0.120 e. The Hall–Kier alpha value is -3.56. The second-order valence-electron chi connectivity index (χ2n) is 10.3. The maximum atomic E-state index is 5.89. The smallest absolute Gasteiger partial charge is 0.120 e. The second-order valence-corrected chi connectivity index (χ2v) is 10.3. The van der Waals surface area contributed by atoms with Gasteiger partial charge in [-0.05, 0) is 77.0 Å². The summed E-state index contributed by atoms with van der Waals surface area (Å²) in [6.07, 6.45) is 0.451. The largest absolute Gasteiger partial charge is 0.491 e. The topological polar surface area (TPSA) is 80.4 Å². The number of ether oxygens (including phenoxy) is 8. The molecule has 0 saturated carbocycles. The fourth-order valence-electron chi connectivity index (χ4n) is 4.39. The van der Waals surface area contributed by atoms with E-state index in [-0.39, 0.29) is 18.3 Å². The standard InChI is InChI=1S/C33H36O8/c1-23(35-12-13-37-29-7-3-27-17-31(9-5-25(27)15-29)39-20-33-22-41-33)18-34-10-11-36-28-6-2-26-16-30(8-4-24(26)14-28)38-19-32-21-40-32/h2-9,14-17,23,32-33H,10-13,18-22H2,1H3. The van der Waals surface area contributed by atoms with Gasteiger partial charge in [0.1, 0.15) is 61.6 Å². The van der Waals surface area contributed by atoms with Gasteiger partial charge in [0.05, 0.1) is 39.1 Å². The maximum absolute atomic E-state index is 5.89. The van der Waals surface area contributed by atoms with Gasteiger partial charge in [0.15, 0.2) is 0 Å². The van der Waals surface area contributed by atoms with Crippen molar-refractivity contribution >= 4 is 21.5 Å². The van der Waals surface area contributed by atoms with E-state index in [9.17, 15) is 0 Å². The van der Waals surface area contributed by atoms with E-state index in [4.69, 9.17) is 37.9 Å². The highest BCUT2D eigenvalue weighted by Gasteiger charge is 2.23. The molecule has 2 fully saturated rings. The molecule has 2 saturated heterocycles. The van der Waals surface area contributed by atoms with Crippen LogP contribution in [0.1, 0.15) is 6.92 Å². The van der Waals surface area contributed by atoms with Crippen molar-refractivity contribution in [1.82, 2.24) is 0 Å². The van der Waals surface area contributed by atoms with Crippen LogP contribution in [0.4, 0.5) is 0 Å². The molecular weight excluding hydrogens is 524 g/mol. The van der Waals surface area contributed by atoms with Gasteiger partial charge in [0.25, 0.3) is 0 Å². The van der Waals surface area contributed by atoms with Crippen molar-refractivity contribution in [2.45, 2.75) is 25.2 Å². The van der Waals surface area contributed by atoms with Gasteiger partial charge >= 0.3 is 0 Å². The Morgan fingerprint density at radius 1 is 0.585 bits per heavy atom. The highest BCUT2D eigenvalue weighted by Crippen LogP contribution is 2.27. The van der Waals surface area contributed by atoms with Gasteiger partial charge in [0.2, 0.25) is 0 Å². The van der Waals surface area contributed by atoms with Crippen LogP contribution >= 0.6 is 0 Å². The fraction of sp³-hybridized carbons (Fsp3) is 0.394. The summed E-state index contributed by atoms with van der Waals surface area (Å²) in [6, 6.07) is 24.2. The molecule has 6 rings (SSSR count). The van der Waals surface area contributed by atoms with Crippen molar-refractivity contribution in [1.29, 1.82) is 0 Å². The summed E-state index contributed by atoms with van der Waals surface area (Å²) < 4.78 is 45.3. The van der Waals surface area contributed by atoms with Crippen LogP contribution in [0, 0.1) is 0 Å². The average molecular weight is 561 g/mol. The molecule has 0 aromatic heterocycles. The first kappa shape index (κ1) is 27.6. The highest BCUT2D eigenvalue weighted by molar-refractivity contribution is 5.86. The van der Waals surface area contributed by atoms with Crippen molar-refractivity contribution in [2.24, 2.45) is 0 Å². The van der Waals surface area contributed by atoms with E-state index < -0.39 is 0 Å². The minimum Gasteiger partial charge on any atom is -0.491 e. The number of epoxide rings is 2. The molecule has 0 N–H and O–H groups in total. The number of benzene rings is 4. The summed E-state index contributed by atoms with van der Waals surface area (Å²) >= 11 is 0. The fourth-order valence-corrected chi connectivity index (χ4v) is 4.39. The molecule has 8 heteroatoms. The van der Waals surface area contributed by atoms with E-state index >= 15 is 0 Å². The molecule has 216 valence electrons. The van der Waals surface area contributed by atoms with E-state index in [0.29, 0.717) is 46.2 Å². The lowest BCUT2D eigenvalue weighted by atomic mass is 10.1. The molecule has 0 spiro atoms. The Labute approximate surface area is 239 Å². The van der Waals surface area contributed by atoms with Gasteiger partial charge in [-0.3, -0.25) is 0 Å². The number of hydrogen-bond acceptors (Lipinski definition) is 8. The number of rotatable bonds is 17. The van der Waals surface area contributed by atoms with E-state index in [2.05, 4.69) is 0 Å². The minimum atomic E-state index is -0.0433. The van der Waals surface area contributed by atoms with E-state index in [1.165, 1.54) is 0 Å². The molecule has 41 heavy (non-hydrogen) atoms. The summed E-state index contributed by atoms with van der Waals surface area (Å²) in [7, 11) is 0. The van der Waals surface area contributed by atoms with Gasteiger partial charge in [-0.1, -0.05) is 24.3 Å². The zero-order valence-electron chi connectivity index (χ0n) is 23.3.